The van der Waals surface area contributed by atoms with Crippen LogP contribution in [0.4, 0.5) is 0 Å². The fraction of sp³-hybridized carbons (Fsp3) is 0.214. The Balaban J connectivity index is 2.42. The lowest BCUT2D eigenvalue weighted by Gasteiger charge is -2.16. The SMILES string of the molecule is Cc1ccc(C(C)n2cc(I)cc2C(=O)O)cc1. The Hall–Kier alpha value is -1.30. The average Bonchev–Trinajstić information content (AvgIpc) is 2.71. The van der Waals surface area contributed by atoms with Gasteiger partial charge in [-0.25, -0.2) is 4.79 Å². The largest absolute Gasteiger partial charge is 0.477 e. The van der Waals surface area contributed by atoms with Crippen LogP contribution in [-0.4, -0.2) is 15.6 Å². The molecular formula is C14H14INO2. The summed E-state index contributed by atoms with van der Waals surface area (Å²) in [6, 6.07) is 9.87. The van der Waals surface area contributed by atoms with Crippen LogP contribution in [0.5, 0.6) is 0 Å². The molecule has 0 radical (unpaired) electrons. The third kappa shape index (κ3) is 2.58. The number of aryl methyl sites for hydroxylation is 1. The first-order chi connectivity index (χ1) is 8.49. The van der Waals surface area contributed by atoms with Crippen molar-refractivity contribution in [3.8, 4) is 0 Å². The molecule has 1 N–H and O–H groups in total. The highest BCUT2D eigenvalue weighted by atomic mass is 127. The van der Waals surface area contributed by atoms with Crippen LogP contribution in [0, 0.1) is 10.5 Å². The van der Waals surface area contributed by atoms with Gasteiger partial charge in [-0.15, -0.1) is 0 Å². The van der Waals surface area contributed by atoms with Crippen molar-refractivity contribution < 1.29 is 9.90 Å². The first kappa shape index (κ1) is 13.1. The number of aromatic nitrogens is 1. The monoisotopic (exact) mass is 355 g/mol. The lowest BCUT2D eigenvalue weighted by atomic mass is 10.1. The van der Waals surface area contributed by atoms with Crippen LogP contribution >= 0.6 is 22.6 Å². The predicted molar refractivity (Wildman–Crippen MR) is 79.1 cm³/mol. The Morgan fingerprint density at radius 1 is 1.33 bits per heavy atom. The summed E-state index contributed by atoms with van der Waals surface area (Å²) in [7, 11) is 0. The van der Waals surface area contributed by atoms with Crippen molar-refractivity contribution in [3.63, 3.8) is 0 Å². The topological polar surface area (TPSA) is 42.2 Å². The van der Waals surface area contributed by atoms with Gasteiger partial charge in [-0.05, 0) is 48.1 Å². The fourth-order valence-electron chi connectivity index (χ4n) is 1.94. The Morgan fingerprint density at radius 3 is 2.50 bits per heavy atom. The molecule has 1 heterocycles. The summed E-state index contributed by atoms with van der Waals surface area (Å²) >= 11 is 2.13. The van der Waals surface area contributed by atoms with Crippen molar-refractivity contribution in [2.75, 3.05) is 0 Å². The number of nitrogens with zero attached hydrogens (tertiary/aromatic N) is 1. The van der Waals surface area contributed by atoms with E-state index in [0.29, 0.717) is 5.69 Å². The van der Waals surface area contributed by atoms with Crippen molar-refractivity contribution in [3.05, 3.63) is 56.9 Å². The van der Waals surface area contributed by atoms with E-state index in [1.165, 1.54) is 5.56 Å². The molecule has 1 aromatic heterocycles. The molecular weight excluding hydrogens is 341 g/mol. The molecule has 2 rings (SSSR count). The van der Waals surface area contributed by atoms with Crippen LogP contribution in [0.15, 0.2) is 36.5 Å². The van der Waals surface area contributed by atoms with E-state index >= 15 is 0 Å². The highest BCUT2D eigenvalue weighted by molar-refractivity contribution is 14.1. The number of aromatic carboxylic acids is 1. The molecule has 18 heavy (non-hydrogen) atoms. The fourth-order valence-corrected chi connectivity index (χ4v) is 2.54. The maximum Gasteiger partial charge on any atom is 0.352 e. The molecule has 4 heteroatoms. The average molecular weight is 355 g/mol. The van der Waals surface area contributed by atoms with E-state index in [-0.39, 0.29) is 6.04 Å². The second-order valence-corrected chi connectivity index (χ2v) is 5.59. The maximum absolute atomic E-state index is 11.2. The molecule has 0 saturated carbocycles. The minimum absolute atomic E-state index is 0.0141. The summed E-state index contributed by atoms with van der Waals surface area (Å²) in [5, 5.41) is 9.19. The second-order valence-electron chi connectivity index (χ2n) is 4.34. The molecule has 3 nitrogen and oxygen atoms in total. The van der Waals surface area contributed by atoms with Crippen molar-refractivity contribution in [2.45, 2.75) is 19.9 Å². The van der Waals surface area contributed by atoms with Crippen molar-refractivity contribution in [1.82, 2.24) is 4.57 Å². The van der Waals surface area contributed by atoms with Gasteiger partial charge < -0.3 is 9.67 Å². The molecule has 1 atom stereocenters. The summed E-state index contributed by atoms with van der Waals surface area (Å²) in [4.78, 5) is 11.2. The van der Waals surface area contributed by atoms with Gasteiger partial charge in [0.2, 0.25) is 0 Å². The van der Waals surface area contributed by atoms with E-state index in [9.17, 15) is 9.90 Å². The van der Waals surface area contributed by atoms with Gasteiger partial charge >= 0.3 is 5.97 Å². The number of hydrogen-bond donors (Lipinski definition) is 1. The van der Waals surface area contributed by atoms with Gasteiger partial charge in [-0.1, -0.05) is 29.8 Å². The normalized spacial score (nSPS) is 12.4. The lowest BCUT2D eigenvalue weighted by Crippen LogP contribution is -2.12. The number of carboxylic acids is 1. The van der Waals surface area contributed by atoms with Crippen LogP contribution in [0.3, 0.4) is 0 Å². The van der Waals surface area contributed by atoms with Crippen molar-refractivity contribution in [2.24, 2.45) is 0 Å². The van der Waals surface area contributed by atoms with E-state index in [2.05, 4.69) is 22.6 Å². The molecule has 0 fully saturated rings. The first-order valence-corrected chi connectivity index (χ1v) is 6.74. The van der Waals surface area contributed by atoms with Crippen LogP contribution in [-0.2, 0) is 0 Å². The van der Waals surface area contributed by atoms with Crippen molar-refractivity contribution in [1.29, 1.82) is 0 Å². The molecule has 0 saturated heterocycles. The van der Waals surface area contributed by atoms with E-state index < -0.39 is 5.97 Å². The van der Waals surface area contributed by atoms with Gasteiger partial charge in [-0.3, -0.25) is 0 Å². The molecule has 94 valence electrons. The zero-order valence-electron chi connectivity index (χ0n) is 10.2. The minimum Gasteiger partial charge on any atom is -0.477 e. The number of rotatable bonds is 3. The van der Waals surface area contributed by atoms with Crippen LogP contribution in [0.25, 0.3) is 0 Å². The summed E-state index contributed by atoms with van der Waals surface area (Å²) < 4.78 is 2.73. The Bertz CT molecular complexity index is 572. The van der Waals surface area contributed by atoms with Gasteiger partial charge in [0.15, 0.2) is 0 Å². The number of carboxylic acid groups (broad SMARTS) is 1. The number of halogens is 1. The first-order valence-electron chi connectivity index (χ1n) is 5.66. The van der Waals surface area contributed by atoms with E-state index in [0.717, 1.165) is 9.13 Å². The summed E-state index contributed by atoms with van der Waals surface area (Å²) in [5.74, 6) is -0.892. The summed E-state index contributed by atoms with van der Waals surface area (Å²) in [6.45, 7) is 4.04. The van der Waals surface area contributed by atoms with Crippen molar-refractivity contribution >= 4 is 28.6 Å². The van der Waals surface area contributed by atoms with Crippen LogP contribution in [0.1, 0.15) is 34.6 Å². The molecule has 0 bridgehead atoms. The van der Waals surface area contributed by atoms with Gasteiger partial charge in [0.05, 0.1) is 6.04 Å². The predicted octanol–water partition coefficient (Wildman–Crippen LogP) is 3.71. The number of hydrogen-bond acceptors (Lipinski definition) is 1. The molecule has 2 aromatic rings. The molecule has 0 aliphatic rings. The molecule has 1 aromatic carbocycles. The number of carbonyl (C=O) groups is 1. The van der Waals surface area contributed by atoms with Gasteiger partial charge in [0.25, 0.3) is 0 Å². The summed E-state index contributed by atoms with van der Waals surface area (Å²) in [5.41, 5.74) is 2.63. The van der Waals surface area contributed by atoms with Gasteiger partial charge in [0, 0.05) is 9.77 Å². The third-order valence-corrected chi connectivity index (χ3v) is 3.60. The summed E-state index contributed by atoms with van der Waals surface area (Å²) in [6.07, 6.45) is 1.87. The van der Waals surface area contributed by atoms with Gasteiger partial charge in [-0.2, -0.15) is 0 Å². The van der Waals surface area contributed by atoms with Gasteiger partial charge in [0.1, 0.15) is 5.69 Å². The molecule has 1 unspecified atom stereocenters. The zero-order valence-corrected chi connectivity index (χ0v) is 12.4. The lowest BCUT2D eigenvalue weighted by molar-refractivity contribution is 0.0684. The quantitative estimate of drug-likeness (QED) is 0.853. The Morgan fingerprint density at radius 2 is 1.94 bits per heavy atom. The minimum atomic E-state index is -0.892. The van der Waals surface area contributed by atoms with E-state index in [4.69, 9.17) is 0 Å². The molecule has 0 aliphatic carbocycles. The smallest absolute Gasteiger partial charge is 0.352 e. The molecule has 0 aliphatic heterocycles. The number of benzene rings is 1. The third-order valence-electron chi connectivity index (χ3n) is 3.01. The zero-order chi connectivity index (χ0) is 13.3. The molecule has 0 spiro atoms. The Kier molecular flexibility index (Phi) is 3.75. The van der Waals surface area contributed by atoms with Crippen LogP contribution < -0.4 is 0 Å². The standard InChI is InChI=1S/C14H14INO2/c1-9-3-5-11(6-4-9)10(2)16-8-12(15)7-13(16)14(17)18/h3-8,10H,1-2H3,(H,17,18). The van der Waals surface area contributed by atoms with Crippen LogP contribution in [0.2, 0.25) is 0 Å². The highest BCUT2D eigenvalue weighted by Gasteiger charge is 2.17. The Labute approximate surface area is 120 Å². The maximum atomic E-state index is 11.2. The second kappa shape index (κ2) is 5.14. The van der Waals surface area contributed by atoms with E-state index in [1.807, 2.05) is 44.3 Å². The molecule has 0 amide bonds. The highest BCUT2D eigenvalue weighted by Crippen LogP contribution is 2.23. The van der Waals surface area contributed by atoms with E-state index in [1.54, 1.807) is 10.6 Å².